The molecule has 0 aromatic heterocycles. The number of unbranched alkanes of at least 4 members (excludes halogenated alkanes) is 41. The topological polar surface area (TPSA) is 110 Å². The Hall–Kier alpha value is -1.21. The zero-order valence-electron chi connectivity index (χ0n) is 43.0. The highest BCUT2D eigenvalue weighted by atomic mass is 16.3. The van der Waals surface area contributed by atoms with E-state index >= 15 is 0 Å². The number of carbonyl (C=O) groups excluding carboxylic acids is 1. The maximum atomic E-state index is 12.6. The van der Waals surface area contributed by atoms with Crippen molar-refractivity contribution in [3.63, 3.8) is 0 Å². The highest BCUT2D eigenvalue weighted by molar-refractivity contribution is 5.80. The first-order chi connectivity index (χ1) is 31.5. The zero-order chi connectivity index (χ0) is 46.7. The number of allylic oxidation sites excluding steroid dienone is 4. The van der Waals surface area contributed by atoms with Gasteiger partial charge in [-0.3, -0.25) is 4.79 Å². The van der Waals surface area contributed by atoms with E-state index in [1.54, 1.807) is 0 Å². The van der Waals surface area contributed by atoms with Crippen molar-refractivity contribution in [2.45, 2.75) is 334 Å². The number of hydrogen-bond donors (Lipinski definition) is 5. The van der Waals surface area contributed by atoms with Crippen molar-refractivity contribution in [2.24, 2.45) is 0 Å². The van der Waals surface area contributed by atoms with Crippen molar-refractivity contribution in [3.05, 3.63) is 24.3 Å². The standard InChI is InChI=1S/C58H113NO5/c1-3-5-7-9-11-13-15-17-19-21-23-24-25-26-27-28-29-30-31-32-33-34-36-37-39-41-43-45-47-49-51-55(61)57(63)54(53-60)59-58(64)56(62)52-50-48-46-44-42-40-38-35-22-20-18-16-14-12-10-8-6-4-2/h12,14,16,18,54-57,60-63H,3-11,13,15,17,19-53H2,1-2H3,(H,59,64)/b14-12-,18-16-. The summed E-state index contributed by atoms with van der Waals surface area (Å²) >= 11 is 0. The van der Waals surface area contributed by atoms with Crippen LogP contribution in [0.5, 0.6) is 0 Å². The van der Waals surface area contributed by atoms with E-state index in [2.05, 4.69) is 43.5 Å². The second-order valence-electron chi connectivity index (χ2n) is 20.0. The fourth-order valence-corrected chi connectivity index (χ4v) is 9.16. The fourth-order valence-electron chi connectivity index (χ4n) is 9.16. The highest BCUT2D eigenvalue weighted by Crippen LogP contribution is 2.18. The van der Waals surface area contributed by atoms with E-state index in [0.29, 0.717) is 12.8 Å². The van der Waals surface area contributed by atoms with Crippen LogP contribution in [0.15, 0.2) is 24.3 Å². The minimum absolute atomic E-state index is 0.365. The minimum atomic E-state index is -1.26. The average Bonchev–Trinajstić information content (AvgIpc) is 3.30. The number of aliphatic hydroxyl groups is 4. The molecule has 0 fully saturated rings. The summed E-state index contributed by atoms with van der Waals surface area (Å²) in [6, 6.07) is -0.987. The lowest BCUT2D eigenvalue weighted by Crippen LogP contribution is -2.53. The molecule has 4 unspecified atom stereocenters. The van der Waals surface area contributed by atoms with Gasteiger partial charge in [-0.05, 0) is 38.5 Å². The summed E-state index contributed by atoms with van der Waals surface area (Å²) in [6.07, 6.45) is 63.9. The monoisotopic (exact) mass is 904 g/mol. The fraction of sp³-hybridized carbons (Fsp3) is 0.914. The molecule has 5 N–H and O–H groups in total. The van der Waals surface area contributed by atoms with Crippen LogP contribution >= 0.6 is 0 Å². The summed E-state index contributed by atoms with van der Waals surface area (Å²) in [5.74, 6) is -0.584. The first kappa shape index (κ1) is 62.8. The molecule has 0 aromatic carbocycles. The molecule has 0 bridgehead atoms. The molecular weight excluding hydrogens is 791 g/mol. The maximum Gasteiger partial charge on any atom is 0.249 e. The molecule has 64 heavy (non-hydrogen) atoms. The Balaban J connectivity index is 3.57. The molecule has 0 rings (SSSR count). The Labute approximate surface area is 399 Å². The van der Waals surface area contributed by atoms with Crippen molar-refractivity contribution in [3.8, 4) is 0 Å². The molecule has 0 saturated heterocycles. The van der Waals surface area contributed by atoms with E-state index in [1.807, 2.05) is 0 Å². The summed E-state index contributed by atoms with van der Waals surface area (Å²) in [7, 11) is 0. The van der Waals surface area contributed by atoms with Crippen LogP contribution in [0.25, 0.3) is 0 Å². The highest BCUT2D eigenvalue weighted by Gasteiger charge is 2.28. The normalized spacial score (nSPS) is 13.9. The number of nitrogens with one attached hydrogen (secondary N) is 1. The molecule has 6 heteroatoms. The van der Waals surface area contributed by atoms with E-state index in [0.717, 1.165) is 44.9 Å². The first-order valence-corrected chi connectivity index (χ1v) is 28.7. The predicted octanol–water partition coefficient (Wildman–Crippen LogP) is 16.6. The van der Waals surface area contributed by atoms with Crippen LogP contribution < -0.4 is 5.32 Å². The molecule has 380 valence electrons. The van der Waals surface area contributed by atoms with Gasteiger partial charge in [-0.25, -0.2) is 0 Å². The molecular formula is C58H113NO5. The van der Waals surface area contributed by atoms with Gasteiger partial charge in [0.2, 0.25) is 5.91 Å². The smallest absolute Gasteiger partial charge is 0.249 e. The molecule has 0 aliphatic carbocycles. The average molecular weight is 905 g/mol. The third-order valence-electron chi connectivity index (χ3n) is 13.7. The van der Waals surface area contributed by atoms with Gasteiger partial charge in [0.05, 0.1) is 18.8 Å². The minimum Gasteiger partial charge on any atom is -0.394 e. The second kappa shape index (κ2) is 52.8. The predicted molar refractivity (Wildman–Crippen MR) is 279 cm³/mol. The zero-order valence-corrected chi connectivity index (χ0v) is 43.0. The Morgan fingerprint density at radius 2 is 0.656 bits per heavy atom. The van der Waals surface area contributed by atoms with Crippen LogP contribution in [0.3, 0.4) is 0 Å². The molecule has 0 spiro atoms. The first-order valence-electron chi connectivity index (χ1n) is 28.7. The lowest BCUT2D eigenvalue weighted by atomic mass is 9.99. The number of hydrogen-bond acceptors (Lipinski definition) is 5. The van der Waals surface area contributed by atoms with Gasteiger partial charge >= 0.3 is 0 Å². The van der Waals surface area contributed by atoms with Gasteiger partial charge in [-0.1, -0.05) is 295 Å². The van der Waals surface area contributed by atoms with Crippen LogP contribution in [0, 0.1) is 0 Å². The van der Waals surface area contributed by atoms with Gasteiger partial charge in [0.15, 0.2) is 0 Å². The quantitative estimate of drug-likeness (QED) is 0.0308. The largest absolute Gasteiger partial charge is 0.394 e. The van der Waals surface area contributed by atoms with Crippen LogP contribution in [-0.4, -0.2) is 57.3 Å². The van der Waals surface area contributed by atoms with Crippen molar-refractivity contribution < 1.29 is 25.2 Å². The Kier molecular flexibility index (Phi) is 51.8. The lowest BCUT2D eigenvalue weighted by molar-refractivity contribution is -0.132. The molecule has 6 nitrogen and oxygen atoms in total. The molecule has 0 aliphatic heterocycles. The SMILES string of the molecule is CCCCC/C=C\C=C/CCCCCCCCCCCC(O)C(=O)NC(CO)C(O)C(O)CCCCCCCCCCCCCCCCCCCCCCCCCCCCCCCC. The van der Waals surface area contributed by atoms with Crippen molar-refractivity contribution in [2.75, 3.05) is 6.61 Å². The van der Waals surface area contributed by atoms with Gasteiger partial charge in [0.25, 0.3) is 0 Å². The molecule has 0 aromatic rings. The molecule has 0 saturated carbocycles. The third-order valence-corrected chi connectivity index (χ3v) is 13.7. The number of carbonyl (C=O) groups is 1. The third kappa shape index (κ3) is 45.9. The van der Waals surface area contributed by atoms with E-state index in [9.17, 15) is 25.2 Å². The van der Waals surface area contributed by atoms with Gasteiger partial charge in [0, 0.05) is 0 Å². The summed E-state index contributed by atoms with van der Waals surface area (Å²) in [5, 5.41) is 44.0. The van der Waals surface area contributed by atoms with Gasteiger partial charge in [-0.15, -0.1) is 0 Å². The molecule has 0 heterocycles. The Bertz CT molecular complexity index is 970. The molecule has 1 amide bonds. The van der Waals surface area contributed by atoms with Crippen molar-refractivity contribution >= 4 is 5.91 Å². The van der Waals surface area contributed by atoms with E-state index in [1.165, 1.54) is 238 Å². The van der Waals surface area contributed by atoms with Crippen LogP contribution in [-0.2, 0) is 4.79 Å². The summed E-state index contributed by atoms with van der Waals surface area (Å²) in [6.45, 7) is 4.06. The second-order valence-corrected chi connectivity index (χ2v) is 20.0. The van der Waals surface area contributed by atoms with Gasteiger partial charge in [0.1, 0.15) is 12.2 Å². The van der Waals surface area contributed by atoms with Crippen molar-refractivity contribution in [1.82, 2.24) is 5.32 Å². The van der Waals surface area contributed by atoms with Crippen LogP contribution in [0.2, 0.25) is 0 Å². The summed E-state index contributed by atoms with van der Waals surface area (Å²) in [5.41, 5.74) is 0. The summed E-state index contributed by atoms with van der Waals surface area (Å²) in [4.78, 5) is 12.6. The maximum absolute atomic E-state index is 12.6. The van der Waals surface area contributed by atoms with E-state index in [4.69, 9.17) is 0 Å². The lowest BCUT2D eigenvalue weighted by Gasteiger charge is -2.27. The number of rotatable bonds is 53. The number of aliphatic hydroxyl groups excluding tert-OH is 4. The summed E-state index contributed by atoms with van der Waals surface area (Å²) < 4.78 is 0. The number of amides is 1. The van der Waals surface area contributed by atoms with E-state index < -0.39 is 36.9 Å². The molecule has 4 atom stereocenters. The van der Waals surface area contributed by atoms with Crippen molar-refractivity contribution in [1.29, 1.82) is 0 Å². The Morgan fingerprint density at radius 3 is 0.984 bits per heavy atom. The Morgan fingerprint density at radius 1 is 0.391 bits per heavy atom. The van der Waals surface area contributed by atoms with Crippen LogP contribution in [0.4, 0.5) is 0 Å². The molecule has 0 aliphatic rings. The van der Waals surface area contributed by atoms with E-state index in [-0.39, 0.29) is 0 Å². The van der Waals surface area contributed by atoms with Gasteiger partial charge < -0.3 is 25.7 Å². The van der Waals surface area contributed by atoms with Crippen LogP contribution in [0.1, 0.15) is 309 Å². The van der Waals surface area contributed by atoms with Gasteiger partial charge in [-0.2, -0.15) is 0 Å². The molecule has 0 radical (unpaired) electrons.